The lowest BCUT2D eigenvalue weighted by atomic mass is 10.2. The van der Waals surface area contributed by atoms with Gasteiger partial charge in [-0.3, -0.25) is 4.98 Å². The Morgan fingerprint density at radius 1 is 0.944 bits per heavy atom. The van der Waals surface area contributed by atoms with Crippen molar-refractivity contribution in [3.63, 3.8) is 0 Å². The van der Waals surface area contributed by atoms with Gasteiger partial charge in [-0.2, -0.15) is 0 Å². The first-order valence-corrected chi connectivity index (χ1v) is 5.44. The molecule has 0 unspecified atom stereocenters. The van der Waals surface area contributed by atoms with Gasteiger partial charge in [-0.15, -0.1) is 10.2 Å². The number of benzene rings is 1. The molecular formula is C13H10N4O. The fourth-order valence-corrected chi connectivity index (χ4v) is 1.66. The third kappa shape index (κ3) is 1.93. The van der Waals surface area contributed by atoms with Gasteiger partial charge in [-0.05, 0) is 18.2 Å². The van der Waals surface area contributed by atoms with Crippen LogP contribution in [0.25, 0.3) is 10.9 Å². The van der Waals surface area contributed by atoms with E-state index in [0.29, 0.717) is 17.4 Å². The zero-order valence-electron chi connectivity index (χ0n) is 9.45. The molecule has 3 rings (SSSR count). The second-order valence-electron chi connectivity index (χ2n) is 3.73. The Hall–Kier alpha value is -2.69. The number of para-hydroxylation sites is 1. The normalized spacial score (nSPS) is 10.4. The van der Waals surface area contributed by atoms with E-state index in [9.17, 15) is 0 Å². The third-order valence-electron chi connectivity index (χ3n) is 2.47. The first-order chi connectivity index (χ1) is 8.83. The van der Waals surface area contributed by atoms with Crippen LogP contribution in [0.2, 0.25) is 0 Å². The molecule has 88 valence electrons. The molecule has 5 nitrogen and oxygen atoms in total. The van der Waals surface area contributed by atoms with Crippen LogP contribution in [-0.2, 0) is 0 Å². The van der Waals surface area contributed by atoms with E-state index in [0.717, 1.165) is 10.9 Å². The highest BCUT2D eigenvalue weighted by atomic mass is 16.5. The Labute approximate surface area is 103 Å². The molecular weight excluding hydrogens is 228 g/mol. The zero-order chi connectivity index (χ0) is 12.4. The van der Waals surface area contributed by atoms with Gasteiger partial charge in [0.15, 0.2) is 5.75 Å². The summed E-state index contributed by atoms with van der Waals surface area (Å²) < 4.78 is 5.65. The average Bonchev–Trinajstić information content (AvgIpc) is 2.42. The molecule has 0 saturated heterocycles. The van der Waals surface area contributed by atoms with Crippen molar-refractivity contribution in [3.8, 4) is 11.6 Å². The van der Waals surface area contributed by atoms with Crippen LogP contribution in [0.3, 0.4) is 0 Å². The predicted octanol–water partition coefficient (Wildman–Crippen LogP) is 2.40. The van der Waals surface area contributed by atoms with Crippen molar-refractivity contribution < 1.29 is 4.74 Å². The van der Waals surface area contributed by atoms with Crippen LogP contribution in [0, 0.1) is 0 Å². The van der Waals surface area contributed by atoms with Gasteiger partial charge in [-0.25, -0.2) is 0 Å². The van der Waals surface area contributed by atoms with E-state index < -0.39 is 0 Å². The lowest BCUT2D eigenvalue weighted by molar-refractivity contribution is 0.460. The van der Waals surface area contributed by atoms with E-state index in [1.807, 2.05) is 30.3 Å². The molecule has 2 N–H and O–H groups in total. The van der Waals surface area contributed by atoms with E-state index >= 15 is 0 Å². The largest absolute Gasteiger partial charge is 0.435 e. The van der Waals surface area contributed by atoms with E-state index in [-0.39, 0.29) is 0 Å². The quantitative estimate of drug-likeness (QED) is 0.742. The van der Waals surface area contributed by atoms with Crippen molar-refractivity contribution in [2.24, 2.45) is 0 Å². The molecule has 0 spiro atoms. The number of anilines is 1. The van der Waals surface area contributed by atoms with E-state index in [1.165, 1.54) is 0 Å². The fraction of sp³-hybridized carbons (Fsp3) is 0. The Kier molecular flexibility index (Phi) is 2.49. The second-order valence-corrected chi connectivity index (χ2v) is 3.73. The van der Waals surface area contributed by atoms with Crippen LogP contribution < -0.4 is 10.5 Å². The van der Waals surface area contributed by atoms with Gasteiger partial charge in [0, 0.05) is 17.6 Å². The van der Waals surface area contributed by atoms with Crippen molar-refractivity contribution in [2.75, 3.05) is 5.73 Å². The van der Waals surface area contributed by atoms with Gasteiger partial charge < -0.3 is 10.5 Å². The smallest absolute Gasteiger partial charge is 0.239 e. The molecule has 2 heterocycles. The lowest BCUT2D eigenvalue weighted by Gasteiger charge is -2.06. The predicted molar refractivity (Wildman–Crippen MR) is 68.3 cm³/mol. The minimum atomic E-state index is 0.360. The molecule has 0 radical (unpaired) electrons. The second kappa shape index (κ2) is 4.29. The van der Waals surface area contributed by atoms with E-state index in [1.54, 1.807) is 18.3 Å². The van der Waals surface area contributed by atoms with Crippen LogP contribution in [0.15, 0.2) is 48.7 Å². The summed E-state index contributed by atoms with van der Waals surface area (Å²) in [5.74, 6) is 1.40. The molecule has 0 aliphatic heterocycles. The van der Waals surface area contributed by atoms with Gasteiger partial charge in [0.2, 0.25) is 5.88 Å². The maximum Gasteiger partial charge on any atom is 0.239 e. The topological polar surface area (TPSA) is 73.9 Å². The molecule has 18 heavy (non-hydrogen) atoms. The summed E-state index contributed by atoms with van der Waals surface area (Å²) in [6.45, 7) is 0. The molecule has 5 heteroatoms. The highest BCUT2D eigenvalue weighted by Crippen LogP contribution is 2.26. The Bertz CT molecular complexity index is 677. The summed E-state index contributed by atoms with van der Waals surface area (Å²) in [7, 11) is 0. The maximum absolute atomic E-state index is 5.65. The highest BCUT2D eigenvalue weighted by Gasteiger charge is 2.05. The summed E-state index contributed by atoms with van der Waals surface area (Å²) >= 11 is 0. The number of hydrogen-bond acceptors (Lipinski definition) is 5. The molecule has 0 bridgehead atoms. The van der Waals surface area contributed by atoms with Crippen molar-refractivity contribution in [2.45, 2.75) is 0 Å². The van der Waals surface area contributed by atoms with Crippen molar-refractivity contribution in [3.05, 3.63) is 48.7 Å². The number of nitrogens with zero attached hydrogens (tertiary/aromatic N) is 3. The number of aromatic nitrogens is 3. The highest BCUT2D eigenvalue weighted by molar-refractivity contribution is 5.84. The zero-order valence-corrected chi connectivity index (χ0v) is 9.45. The van der Waals surface area contributed by atoms with Crippen LogP contribution >= 0.6 is 0 Å². The molecule has 0 fully saturated rings. The summed E-state index contributed by atoms with van der Waals surface area (Å²) in [5.41, 5.74) is 6.26. The van der Waals surface area contributed by atoms with Crippen molar-refractivity contribution >= 4 is 16.7 Å². The average molecular weight is 238 g/mol. The molecule has 0 atom stereocenters. The minimum Gasteiger partial charge on any atom is -0.435 e. The van der Waals surface area contributed by atoms with Crippen molar-refractivity contribution in [1.82, 2.24) is 15.2 Å². The number of nitrogens with two attached hydrogens (primary N) is 1. The van der Waals surface area contributed by atoms with Gasteiger partial charge in [0.05, 0.1) is 0 Å². The summed E-state index contributed by atoms with van der Waals surface area (Å²) in [4.78, 5) is 4.30. The number of fused-ring (bicyclic) bond motifs is 1. The molecule has 0 aliphatic rings. The Balaban J connectivity index is 2.02. The van der Waals surface area contributed by atoms with Gasteiger partial charge in [0.25, 0.3) is 0 Å². The van der Waals surface area contributed by atoms with Crippen LogP contribution in [0.4, 0.5) is 5.82 Å². The molecule has 0 aliphatic carbocycles. The lowest BCUT2D eigenvalue weighted by Crippen LogP contribution is -1.95. The number of hydrogen-bond donors (Lipinski definition) is 1. The number of rotatable bonds is 2. The van der Waals surface area contributed by atoms with Gasteiger partial charge in [0.1, 0.15) is 11.3 Å². The summed E-state index contributed by atoms with van der Waals surface area (Å²) in [6, 6.07) is 12.9. The van der Waals surface area contributed by atoms with Gasteiger partial charge >= 0.3 is 0 Å². The molecule has 2 aromatic heterocycles. The minimum absolute atomic E-state index is 0.360. The number of nitrogen functional groups attached to an aromatic ring is 1. The first-order valence-electron chi connectivity index (χ1n) is 5.44. The van der Waals surface area contributed by atoms with Crippen LogP contribution in [-0.4, -0.2) is 15.2 Å². The molecule has 0 amide bonds. The van der Waals surface area contributed by atoms with Crippen LogP contribution in [0.1, 0.15) is 0 Å². The fourth-order valence-electron chi connectivity index (χ4n) is 1.66. The van der Waals surface area contributed by atoms with E-state index in [4.69, 9.17) is 10.5 Å². The Morgan fingerprint density at radius 3 is 2.67 bits per heavy atom. The van der Waals surface area contributed by atoms with Gasteiger partial charge in [-0.1, -0.05) is 18.2 Å². The van der Waals surface area contributed by atoms with Crippen LogP contribution in [0.5, 0.6) is 11.6 Å². The third-order valence-corrected chi connectivity index (χ3v) is 2.47. The van der Waals surface area contributed by atoms with E-state index in [2.05, 4.69) is 15.2 Å². The molecule has 1 aromatic carbocycles. The SMILES string of the molecule is Nc1ccc(Oc2cccc3cccnc23)nn1. The summed E-state index contributed by atoms with van der Waals surface area (Å²) in [5, 5.41) is 8.61. The maximum atomic E-state index is 5.65. The molecule has 3 aromatic rings. The number of ether oxygens (including phenoxy) is 1. The standard InChI is InChI=1S/C13H10N4O/c14-11-6-7-12(17-16-11)18-10-5-1-3-9-4-2-8-15-13(9)10/h1-8H,(H2,14,16). The van der Waals surface area contributed by atoms with Crippen molar-refractivity contribution in [1.29, 1.82) is 0 Å². The monoisotopic (exact) mass is 238 g/mol. The first kappa shape index (κ1) is 10.5. The molecule has 0 saturated carbocycles. The number of pyridine rings is 1. The Morgan fingerprint density at radius 2 is 1.83 bits per heavy atom. The summed E-state index contributed by atoms with van der Waals surface area (Å²) in [6.07, 6.45) is 1.73.